The predicted molar refractivity (Wildman–Crippen MR) is 46.2 cm³/mol. The van der Waals surface area contributed by atoms with E-state index in [0.717, 1.165) is 0 Å². The maximum absolute atomic E-state index is 10.7. The lowest BCUT2D eigenvalue weighted by Gasteiger charge is -2.26. The molecule has 0 fully saturated rings. The first kappa shape index (κ1) is 11.9. The highest BCUT2D eigenvalue weighted by Crippen LogP contribution is 2.29. The Morgan fingerprint density at radius 2 is 1.85 bits per heavy atom. The fourth-order valence-corrected chi connectivity index (χ4v) is 1.11. The molecule has 0 saturated heterocycles. The number of carbonyl (C=O) groups is 2. The molecule has 0 heterocycles. The van der Waals surface area contributed by atoms with Crippen LogP contribution in [0.25, 0.3) is 0 Å². The highest BCUT2D eigenvalue weighted by Gasteiger charge is 2.40. The van der Waals surface area contributed by atoms with Crippen molar-refractivity contribution >= 4 is 11.9 Å². The molecule has 1 atom stereocenters. The van der Waals surface area contributed by atoms with Gasteiger partial charge in [-0.25, -0.2) is 0 Å². The van der Waals surface area contributed by atoms with Gasteiger partial charge in [-0.1, -0.05) is 0 Å². The smallest absolute Gasteiger partial charge is 0.309 e. The molecule has 5 heteroatoms. The Hall–Kier alpha value is -1.10. The van der Waals surface area contributed by atoms with E-state index in [2.05, 4.69) is 0 Å². The molecule has 0 saturated carbocycles. The van der Waals surface area contributed by atoms with Gasteiger partial charge in [-0.2, -0.15) is 0 Å². The zero-order chi connectivity index (χ0) is 10.6. The minimum atomic E-state index is -1.27. The first-order valence-electron chi connectivity index (χ1n) is 4.00. The molecule has 0 aliphatic carbocycles. The molecule has 0 aromatic heterocycles. The van der Waals surface area contributed by atoms with Crippen molar-refractivity contribution in [3.8, 4) is 0 Å². The third-order valence-electron chi connectivity index (χ3n) is 2.18. The Kier molecular flexibility index (Phi) is 3.87. The van der Waals surface area contributed by atoms with E-state index in [1.165, 1.54) is 13.8 Å². The van der Waals surface area contributed by atoms with Gasteiger partial charge in [0.25, 0.3) is 0 Å². The van der Waals surface area contributed by atoms with Crippen LogP contribution in [0, 0.1) is 11.3 Å². The van der Waals surface area contributed by atoms with Crippen LogP contribution in [0.5, 0.6) is 0 Å². The number of carboxylic acids is 2. The fourth-order valence-electron chi connectivity index (χ4n) is 1.11. The second kappa shape index (κ2) is 4.23. The summed E-state index contributed by atoms with van der Waals surface area (Å²) in [5.74, 6) is -3.17. The van der Waals surface area contributed by atoms with E-state index in [9.17, 15) is 9.59 Å². The van der Waals surface area contributed by atoms with Crippen LogP contribution < -0.4 is 5.73 Å². The van der Waals surface area contributed by atoms with Crippen LogP contribution >= 0.6 is 0 Å². The molecule has 0 rings (SSSR count). The van der Waals surface area contributed by atoms with Crippen LogP contribution in [0.2, 0.25) is 0 Å². The summed E-state index contributed by atoms with van der Waals surface area (Å²) in [5.41, 5.74) is 3.94. The van der Waals surface area contributed by atoms with Crippen LogP contribution in [-0.2, 0) is 9.59 Å². The second-order valence-electron chi connectivity index (χ2n) is 3.50. The van der Waals surface area contributed by atoms with E-state index in [1.807, 2.05) is 0 Å². The Balaban J connectivity index is 4.71. The van der Waals surface area contributed by atoms with E-state index in [4.69, 9.17) is 15.9 Å². The van der Waals surface area contributed by atoms with Gasteiger partial charge in [0.1, 0.15) is 0 Å². The van der Waals surface area contributed by atoms with Crippen LogP contribution in [0.15, 0.2) is 0 Å². The zero-order valence-electron chi connectivity index (χ0n) is 7.78. The van der Waals surface area contributed by atoms with Gasteiger partial charge >= 0.3 is 11.9 Å². The minimum absolute atomic E-state index is 0.174. The SMILES string of the molecule is CC(C)(C(=O)O)C(CCN)C(=O)O. The molecule has 0 amide bonds. The molecule has 5 nitrogen and oxygen atoms in total. The third-order valence-corrected chi connectivity index (χ3v) is 2.18. The number of hydrogen-bond donors (Lipinski definition) is 3. The number of hydrogen-bond acceptors (Lipinski definition) is 3. The number of aliphatic carboxylic acids is 2. The molecule has 13 heavy (non-hydrogen) atoms. The third kappa shape index (κ3) is 2.69. The number of nitrogens with two attached hydrogens (primary N) is 1. The molecule has 0 bridgehead atoms. The summed E-state index contributed by atoms with van der Waals surface area (Å²) in [6.07, 6.45) is 0.175. The Morgan fingerprint density at radius 1 is 1.38 bits per heavy atom. The van der Waals surface area contributed by atoms with Crippen molar-refractivity contribution in [1.82, 2.24) is 0 Å². The first-order chi connectivity index (χ1) is 5.84. The molecular formula is C8H15NO4. The average molecular weight is 189 g/mol. The monoisotopic (exact) mass is 189 g/mol. The Labute approximate surface area is 76.5 Å². The first-order valence-corrected chi connectivity index (χ1v) is 4.00. The van der Waals surface area contributed by atoms with E-state index in [-0.39, 0.29) is 13.0 Å². The van der Waals surface area contributed by atoms with Gasteiger partial charge in [0.15, 0.2) is 0 Å². The fraction of sp³-hybridized carbons (Fsp3) is 0.750. The van der Waals surface area contributed by atoms with Crippen LogP contribution in [0.1, 0.15) is 20.3 Å². The van der Waals surface area contributed by atoms with Crippen molar-refractivity contribution < 1.29 is 19.8 Å². The molecule has 4 N–H and O–H groups in total. The molecule has 0 aromatic rings. The van der Waals surface area contributed by atoms with Crippen LogP contribution in [-0.4, -0.2) is 28.7 Å². The summed E-state index contributed by atoms with van der Waals surface area (Å²) in [5, 5.41) is 17.6. The normalized spacial score (nSPS) is 13.8. The van der Waals surface area contributed by atoms with Gasteiger partial charge in [-0.3, -0.25) is 9.59 Å². The second-order valence-corrected chi connectivity index (χ2v) is 3.50. The van der Waals surface area contributed by atoms with Gasteiger partial charge in [-0.05, 0) is 26.8 Å². The number of carboxylic acid groups (broad SMARTS) is 2. The summed E-state index contributed by atoms with van der Waals surface area (Å²) >= 11 is 0. The van der Waals surface area contributed by atoms with Crippen molar-refractivity contribution in [2.45, 2.75) is 20.3 Å². The topological polar surface area (TPSA) is 101 Å². The number of rotatable bonds is 5. The molecule has 0 radical (unpaired) electrons. The molecule has 1 unspecified atom stereocenters. The van der Waals surface area contributed by atoms with Gasteiger partial charge in [0, 0.05) is 0 Å². The maximum atomic E-state index is 10.7. The summed E-state index contributed by atoms with van der Waals surface area (Å²) < 4.78 is 0. The largest absolute Gasteiger partial charge is 0.481 e. The van der Waals surface area contributed by atoms with Gasteiger partial charge < -0.3 is 15.9 Å². The molecule has 0 aliphatic rings. The zero-order valence-corrected chi connectivity index (χ0v) is 7.78. The van der Waals surface area contributed by atoms with Crippen LogP contribution in [0.4, 0.5) is 0 Å². The van der Waals surface area contributed by atoms with E-state index in [0.29, 0.717) is 0 Å². The lowest BCUT2D eigenvalue weighted by molar-refractivity contribution is -0.160. The summed E-state index contributed by atoms with van der Waals surface area (Å²) in [7, 11) is 0. The highest BCUT2D eigenvalue weighted by atomic mass is 16.4. The van der Waals surface area contributed by atoms with E-state index < -0.39 is 23.3 Å². The maximum Gasteiger partial charge on any atom is 0.309 e. The summed E-state index contributed by atoms with van der Waals surface area (Å²) in [4.78, 5) is 21.5. The average Bonchev–Trinajstić information content (AvgIpc) is 1.98. The molecule has 0 aliphatic heterocycles. The quantitative estimate of drug-likeness (QED) is 0.571. The predicted octanol–water partition coefficient (Wildman–Crippen LogP) is 0.147. The van der Waals surface area contributed by atoms with Crippen molar-refractivity contribution in [3.05, 3.63) is 0 Å². The van der Waals surface area contributed by atoms with Gasteiger partial charge in [0.2, 0.25) is 0 Å². The van der Waals surface area contributed by atoms with Crippen molar-refractivity contribution in [2.75, 3.05) is 6.54 Å². The minimum Gasteiger partial charge on any atom is -0.481 e. The molecule has 0 spiro atoms. The van der Waals surface area contributed by atoms with Crippen LogP contribution in [0.3, 0.4) is 0 Å². The molecule has 76 valence electrons. The Morgan fingerprint density at radius 3 is 2.08 bits per heavy atom. The standard InChI is InChI=1S/C8H15NO4/c1-8(2,7(12)13)5(3-4-9)6(10)11/h5H,3-4,9H2,1-2H3,(H,10,11)(H,12,13). The summed E-state index contributed by atoms with van der Waals surface area (Å²) in [6, 6.07) is 0. The lowest BCUT2D eigenvalue weighted by atomic mass is 9.77. The van der Waals surface area contributed by atoms with E-state index in [1.54, 1.807) is 0 Å². The lowest BCUT2D eigenvalue weighted by Crippen LogP contribution is -2.38. The molecular weight excluding hydrogens is 174 g/mol. The van der Waals surface area contributed by atoms with E-state index >= 15 is 0 Å². The van der Waals surface area contributed by atoms with Crippen molar-refractivity contribution in [1.29, 1.82) is 0 Å². The van der Waals surface area contributed by atoms with Gasteiger partial charge in [-0.15, -0.1) is 0 Å². The van der Waals surface area contributed by atoms with Crippen molar-refractivity contribution in [3.63, 3.8) is 0 Å². The van der Waals surface area contributed by atoms with Gasteiger partial charge in [0.05, 0.1) is 11.3 Å². The van der Waals surface area contributed by atoms with Crippen molar-refractivity contribution in [2.24, 2.45) is 17.1 Å². The molecule has 0 aromatic carbocycles. The summed E-state index contributed by atoms with van der Waals surface area (Å²) in [6.45, 7) is 2.96. The highest BCUT2D eigenvalue weighted by molar-refractivity contribution is 5.82. The Bertz CT molecular complexity index is 212.